The zero-order valence-electron chi connectivity index (χ0n) is 17.5. The quantitative estimate of drug-likeness (QED) is 0.725. The summed E-state index contributed by atoms with van der Waals surface area (Å²) in [5, 5.41) is 11.6. The van der Waals surface area contributed by atoms with E-state index in [1.54, 1.807) is 4.90 Å². The van der Waals surface area contributed by atoms with E-state index in [9.17, 15) is 13.6 Å². The highest BCUT2D eigenvalue weighted by Gasteiger charge is 2.57. The van der Waals surface area contributed by atoms with Gasteiger partial charge in [0.1, 0.15) is 16.7 Å². The van der Waals surface area contributed by atoms with Gasteiger partial charge in [0.15, 0.2) is 5.96 Å². The molecule has 1 amide bonds. The third-order valence-corrected chi connectivity index (χ3v) is 6.79. The summed E-state index contributed by atoms with van der Waals surface area (Å²) in [7, 11) is 2.95. The second-order valence-corrected chi connectivity index (χ2v) is 8.78. The van der Waals surface area contributed by atoms with Crippen molar-refractivity contribution in [3.63, 3.8) is 0 Å². The van der Waals surface area contributed by atoms with Gasteiger partial charge in [-0.1, -0.05) is 17.7 Å². The number of benzene rings is 1. The first-order chi connectivity index (χ1) is 15.2. The van der Waals surface area contributed by atoms with Crippen LogP contribution in [0.2, 0.25) is 5.02 Å². The smallest absolute Gasteiger partial charge is 0.237 e. The molecule has 3 fully saturated rings. The van der Waals surface area contributed by atoms with Gasteiger partial charge in [-0.3, -0.25) is 15.1 Å². The van der Waals surface area contributed by atoms with Crippen LogP contribution in [-0.4, -0.2) is 54.0 Å². The SMILES string of the molecule is COc1nc(N2C[C@H]3C(=O)N(C)C(=N)N[C@@]3(c3ccc(F)cc3F)C2)nc(C2CC2)c1Cl. The molecular weight excluding hydrogens is 442 g/mol. The minimum absolute atomic E-state index is 0.0943. The summed E-state index contributed by atoms with van der Waals surface area (Å²) in [4.78, 5) is 25.2. The van der Waals surface area contributed by atoms with E-state index in [0.29, 0.717) is 16.7 Å². The van der Waals surface area contributed by atoms with E-state index in [1.807, 2.05) is 0 Å². The number of nitrogens with zero attached hydrogens (tertiary/aromatic N) is 4. The number of rotatable bonds is 4. The van der Waals surface area contributed by atoms with E-state index in [0.717, 1.165) is 25.0 Å². The van der Waals surface area contributed by atoms with Crippen LogP contribution in [0.4, 0.5) is 14.7 Å². The zero-order valence-corrected chi connectivity index (χ0v) is 18.2. The Morgan fingerprint density at radius 2 is 2.06 bits per heavy atom. The molecule has 1 aromatic heterocycles. The van der Waals surface area contributed by atoms with Crippen molar-refractivity contribution in [1.82, 2.24) is 20.2 Å². The molecule has 1 aromatic carbocycles. The van der Waals surface area contributed by atoms with Gasteiger partial charge in [0, 0.05) is 37.7 Å². The Bertz CT molecular complexity index is 1140. The number of guanidine groups is 1. The fourth-order valence-electron chi connectivity index (χ4n) is 4.59. The summed E-state index contributed by atoms with van der Waals surface area (Å²) in [5.41, 5.74) is -0.482. The topological polar surface area (TPSA) is 94.4 Å². The number of aromatic nitrogens is 2. The molecule has 5 rings (SSSR count). The molecule has 2 aliphatic heterocycles. The molecular formula is C21H21ClF2N6O2. The number of halogens is 3. The Labute approximate surface area is 188 Å². The third-order valence-electron chi connectivity index (χ3n) is 6.43. The van der Waals surface area contributed by atoms with Crippen molar-refractivity contribution >= 4 is 29.4 Å². The summed E-state index contributed by atoms with van der Waals surface area (Å²) in [6.45, 7) is 0.270. The van der Waals surface area contributed by atoms with Crippen molar-refractivity contribution < 1.29 is 18.3 Å². The van der Waals surface area contributed by atoms with Gasteiger partial charge in [-0.25, -0.2) is 13.8 Å². The number of carbonyl (C=O) groups is 1. The molecule has 8 nitrogen and oxygen atoms in total. The highest BCUT2D eigenvalue weighted by Crippen LogP contribution is 2.47. The number of nitrogens with one attached hydrogen (secondary N) is 2. The molecule has 2 saturated heterocycles. The monoisotopic (exact) mass is 462 g/mol. The number of methoxy groups -OCH3 is 1. The first kappa shape index (κ1) is 20.9. The lowest BCUT2D eigenvalue weighted by atomic mass is 9.78. The average molecular weight is 463 g/mol. The van der Waals surface area contributed by atoms with E-state index in [-0.39, 0.29) is 42.3 Å². The van der Waals surface area contributed by atoms with E-state index in [2.05, 4.69) is 15.3 Å². The molecule has 2 N–H and O–H groups in total. The minimum Gasteiger partial charge on any atom is -0.480 e. The molecule has 0 bridgehead atoms. The largest absolute Gasteiger partial charge is 0.480 e. The van der Waals surface area contributed by atoms with Gasteiger partial charge in [-0.05, 0) is 18.9 Å². The Morgan fingerprint density at radius 3 is 2.72 bits per heavy atom. The van der Waals surface area contributed by atoms with Crippen LogP contribution in [0.25, 0.3) is 0 Å². The minimum atomic E-state index is -1.28. The third kappa shape index (κ3) is 3.08. The maximum atomic E-state index is 14.9. The molecule has 2 atom stereocenters. The predicted octanol–water partition coefficient (Wildman–Crippen LogP) is 2.62. The van der Waals surface area contributed by atoms with Crippen molar-refractivity contribution in [2.24, 2.45) is 5.92 Å². The van der Waals surface area contributed by atoms with E-state index < -0.39 is 23.1 Å². The molecule has 0 spiro atoms. The van der Waals surface area contributed by atoms with Gasteiger partial charge in [0.05, 0.1) is 24.3 Å². The number of hydrogen-bond acceptors (Lipinski definition) is 6. The molecule has 0 radical (unpaired) electrons. The van der Waals surface area contributed by atoms with Crippen LogP contribution in [0.1, 0.15) is 30.0 Å². The summed E-state index contributed by atoms with van der Waals surface area (Å²) < 4.78 is 33.9. The van der Waals surface area contributed by atoms with Crippen molar-refractivity contribution in [2.75, 3.05) is 32.1 Å². The Hall–Kier alpha value is -3.01. The fraction of sp³-hybridized carbons (Fsp3) is 0.429. The second-order valence-electron chi connectivity index (χ2n) is 8.41. The predicted molar refractivity (Wildman–Crippen MR) is 113 cm³/mol. The van der Waals surface area contributed by atoms with Gasteiger partial charge < -0.3 is 15.0 Å². The van der Waals surface area contributed by atoms with Gasteiger partial charge >= 0.3 is 0 Å². The molecule has 11 heteroatoms. The van der Waals surface area contributed by atoms with Crippen LogP contribution in [0, 0.1) is 23.0 Å². The van der Waals surface area contributed by atoms with Gasteiger partial charge in [0.25, 0.3) is 0 Å². The first-order valence-electron chi connectivity index (χ1n) is 10.2. The van der Waals surface area contributed by atoms with Gasteiger partial charge in [-0.2, -0.15) is 4.98 Å². The number of hydrogen-bond donors (Lipinski definition) is 2. The molecule has 0 unspecified atom stereocenters. The van der Waals surface area contributed by atoms with Crippen LogP contribution in [-0.2, 0) is 10.3 Å². The number of carbonyl (C=O) groups excluding carboxylic acids is 1. The van der Waals surface area contributed by atoms with Gasteiger partial charge in [0.2, 0.25) is 17.7 Å². The van der Waals surface area contributed by atoms with E-state index >= 15 is 0 Å². The molecule has 32 heavy (non-hydrogen) atoms. The number of anilines is 1. The summed E-state index contributed by atoms with van der Waals surface area (Å²) >= 11 is 6.41. The maximum absolute atomic E-state index is 14.9. The molecule has 3 heterocycles. The fourth-order valence-corrected chi connectivity index (χ4v) is 4.90. The lowest BCUT2D eigenvalue weighted by Gasteiger charge is -2.43. The number of amides is 1. The molecule has 168 valence electrons. The van der Waals surface area contributed by atoms with Crippen molar-refractivity contribution in [1.29, 1.82) is 5.41 Å². The molecule has 3 aliphatic rings. The summed E-state index contributed by atoms with van der Waals surface area (Å²) in [6.07, 6.45) is 1.93. The van der Waals surface area contributed by atoms with Crippen molar-refractivity contribution in [3.8, 4) is 5.88 Å². The standard InChI is InChI=1S/C21H21ClF2N6O2/c1-29-18(31)13-8-30(20-26-16(10-3-4-10)15(22)17(27-20)32-2)9-21(13,28-19(29)25)12-6-5-11(23)7-14(12)24/h5-7,10,13H,3-4,8-9H2,1-2H3,(H2,25,28)/t13-,21+/m0/s1. The lowest BCUT2D eigenvalue weighted by molar-refractivity contribution is -0.134. The Kier molecular flexibility index (Phi) is 4.74. The van der Waals surface area contributed by atoms with Crippen LogP contribution < -0.4 is 15.0 Å². The summed E-state index contributed by atoms with van der Waals surface area (Å²) in [5.74, 6) is -1.99. The van der Waals surface area contributed by atoms with Crippen LogP contribution in [0.5, 0.6) is 5.88 Å². The maximum Gasteiger partial charge on any atom is 0.237 e. The second kappa shape index (κ2) is 7.26. The zero-order chi connectivity index (χ0) is 22.8. The Balaban J connectivity index is 1.62. The molecule has 2 aromatic rings. The number of fused-ring (bicyclic) bond motifs is 1. The highest BCUT2D eigenvalue weighted by atomic mass is 35.5. The van der Waals surface area contributed by atoms with Crippen LogP contribution in [0.3, 0.4) is 0 Å². The van der Waals surface area contributed by atoms with Crippen LogP contribution in [0.15, 0.2) is 18.2 Å². The number of ether oxygens (including phenoxy) is 1. The average Bonchev–Trinajstić information content (AvgIpc) is 3.53. The van der Waals surface area contributed by atoms with Crippen molar-refractivity contribution in [3.05, 3.63) is 46.1 Å². The van der Waals surface area contributed by atoms with E-state index in [4.69, 9.17) is 21.7 Å². The molecule has 1 aliphatic carbocycles. The first-order valence-corrected chi connectivity index (χ1v) is 10.6. The van der Waals surface area contributed by atoms with Crippen molar-refractivity contribution in [2.45, 2.75) is 24.3 Å². The van der Waals surface area contributed by atoms with Crippen LogP contribution >= 0.6 is 11.6 Å². The van der Waals surface area contributed by atoms with Gasteiger partial charge in [-0.15, -0.1) is 0 Å². The normalized spacial score (nSPS) is 25.1. The van der Waals surface area contributed by atoms with E-state index in [1.165, 1.54) is 25.1 Å². The highest BCUT2D eigenvalue weighted by molar-refractivity contribution is 6.32. The Morgan fingerprint density at radius 1 is 1.31 bits per heavy atom. The lowest BCUT2D eigenvalue weighted by Crippen LogP contribution is -2.65. The summed E-state index contributed by atoms with van der Waals surface area (Å²) in [6, 6.07) is 3.25. The molecule has 1 saturated carbocycles.